The molecule has 0 aliphatic heterocycles. The van der Waals surface area contributed by atoms with Gasteiger partial charge in [0.2, 0.25) is 0 Å². The largest absolute Gasteiger partial charge is 0.444 e. The van der Waals surface area contributed by atoms with Crippen molar-refractivity contribution in [2.45, 2.75) is 59.7 Å². The smallest absolute Gasteiger partial charge is 0.410 e. The van der Waals surface area contributed by atoms with Gasteiger partial charge in [-0.25, -0.2) is 14.5 Å². The molecule has 3 aromatic rings. The summed E-state index contributed by atoms with van der Waals surface area (Å²) in [5, 5.41) is 5.62. The number of pyridine rings is 1. The molecule has 7 nitrogen and oxygen atoms in total. The lowest BCUT2D eigenvalue weighted by Gasteiger charge is -2.26. The minimum Gasteiger partial charge on any atom is -0.444 e. The standard InChI is InChI=1S/C26H37N5O2/c1-18(2)31-24-22(16-27-31)19(3)14-23(28-24)21-11-9-10-20(15-21)17-29(7)12-13-30(8)25(32)33-26(4,5)6/h9-11,14-16,18H,12-13,17H2,1-8H3. The van der Waals surface area contributed by atoms with Gasteiger partial charge in [-0.15, -0.1) is 0 Å². The summed E-state index contributed by atoms with van der Waals surface area (Å²) in [4.78, 5) is 20.9. The van der Waals surface area contributed by atoms with Gasteiger partial charge in [0.05, 0.1) is 11.9 Å². The van der Waals surface area contributed by atoms with Crippen LogP contribution in [0, 0.1) is 6.92 Å². The summed E-state index contributed by atoms with van der Waals surface area (Å²) in [5.74, 6) is 0. The number of likely N-dealkylation sites (N-methyl/N-ethyl adjacent to an activating group) is 2. The molecule has 0 radical (unpaired) electrons. The number of hydrogen-bond donors (Lipinski definition) is 0. The number of benzene rings is 1. The van der Waals surface area contributed by atoms with Gasteiger partial charge < -0.3 is 14.5 Å². The number of ether oxygens (including phenoxy) is 1. The summed E-state index contributed by atoms with van der Waals surface area (Å²) in [6, 6.07) is 10.9. The molecule has 0 aliphatic rings. The molecule has 0 bridgehead atoms. The number of carbonyl (C=O) groups is 1. The van der Waals surface area contributed by atoms with Crippen molar-refractivity contribution in [3.8, 4) is 11.3 Å². The lowest BCUT2D eigenvalue weighted by atomic mass is 10.0. The third-order valence-electron chi connectivity index (χ3n) is 5.46. The highest BCUT2D eigenvalue weighted by atomic mass is 16.6. The minimum atomic E-state index is -0.486. The van der Waals surface area contributed by atoms with Crippen LogP contribution >= 0.6 is 0 Å². The second-order valence-electron chi connectivity index (χ2n) is 10.1. The summed E-state index contributed by atoms with van der Waals surface area (Å²) in [7, 11) is 3.83. The van der Waals surface area contributed by atoms with Gasteiger partial charge in [0.15, 0.2) is 5.65 Å². The quantitative estimate of drug-likeness (QED) is 0.489. The van der Waals surface area contributed by atoms with E-state index >= 15 is 0 Å². The van der Waals surface area contributed by atoms with Crippen molar-refractivity contribution in [2.75, 3.05) is 27.2 Å². The first kappa shape index (κ1) is 24.7. The SMILES string of the molecule is Cc1cc(-c2cccc(CN(C)CCN(C)C(=O)OC(C)(C)C)c2)nc2c1cnn2C(C)C. The molecule has 0 aliphatic carbocycles. The summed E-state index contributed by atoms with van der Waals surface area (Å²) in [5.41, 5.74) is 4.86. The first-order valence-corrected chi connectivity index (χ1v) is 11.5. The average Bonchev–Trinajstić information content (AvgIpc) is 3.16. The van der Waals surface area contributed by atoms with E-state index in [2.05, 4.69) is 68.1 Å². The molecule has 2 aromatic heterocycles. The summed E-state index contributed by atoms with van der Waals surface area (Å²) < 4.78 is 7.40. The number of aromatic nitrogens is 3. The summed E-state index contributed by atoms with van der Waals surface area (Å²) in [6.07, 6.45) is 1.61. The van der Waals surface area contributed by atoms with E-state index in [4.69, 9.17) is 9.72 Å². The fourth-order valence-corrected chi connectivity index (χ4v) is 3.67. The predicted molar refractivity (Wildman–Crippen MR) is 133 cm³/mol. The lowest BCUT2D eigenvalue weighted by molar-refractivity contribution is 0.0286. The van der Waals surface area contributed by atoms with E-state index in [1.54, 1.807) is 11.9 Å². The molecule has 0 saturated heterocycles. The normalized spacial score (nSPS) is 12.1. The Labute approximate surface area is 197 Å². The van der Waals surface area contributed by atoms with Crippen LogP contribution < -0.4 is 0 Å². The van der Waals surface area contributed by atoms with E-state index in [1.165, 1.54) is 11.1 Å². The third kappa shape index (κ3) is 6.32. The van der Waals surface area contributed by atoms with Crippen LogP contribution in [0.25, 0.3) is 22.3 Å². The topological polar surface area (TPSA) is 63.5 Å². The molecule has 3 rings (SSSR count). The van der Waals surface area contributed by atoms with Crippen LogP contribution in [-0.2, 0) is 11.3 Å². The first-order valence-electron chi connectivity index (χ1n) is 11.5. The van der Waals surface area contributed by atoms with Gasteiger partial charge in [0, 0.05) is 43.7 Å². The summed E-state index contributed by atoms with van der Waals surface area (Å²) >= 11 is 0. The third-order valence-corrected chi connectivity index (χ3v) is 5.46. The van der Waals surface area contributed by atoms with Gasteiger partial charge in [-0.2, -0.15) is 5.10 Å². The molecule has 0 saturated carbocycles. The van der Waals surface area contributed by atoms with Crippen molar-refractivity contribution < 1.29 is 9.53 Å². The van der Waals surface area contributed by atoms with E-state index in [0.29, 0.717) is 6.54 Å². The molecule has 1 aromatic carbocycles. The van der Waals surface area contributed by atoms with E-state index < -0.39 is 5.60 Å². The van der Waals surface area contributed by atoms with Crippen LogP contribution in [-0.4, -0.2) is 63.4 Å². The van der Waals surface area contributed by atoms with Crippen LogP contribution in [0.2, 0.25) is 0 Å². The predicted octanol–water partition coefficient (Wildman–Crippen LogP) is 5.29. The van der Waals surface area contributed by atoms with Gasteiger partial charge in [-0.05, 0) is 71.8 Å². The highest BCUT2D eigenvalue weighted by Gasteiger charge is 2.19. The molecule has 0 fully saturated rings. The Morgan fingerprint density at radius 3 is 2.55 bits per heavy atom. The van der Waals surface area contributed by atoms with Gasteiger partial charge in [-0.1, -0.05) is 18.2 Å². The van der Waals surface area contributed by atoms with Crippen molar-refractivity contribution in [3.63, 3.8) is 0 Å². The van der Waals surface area contributed by atoms with Crippen molar-refractivity contribution in [2.24, 2.45) is 0 Å². The number of nitrogens with zero attached hydrogens (tertiary/aromatic N) is 5. The van der Waals surface area contributed by atoms with E-state index in [-0.39, 0.29) is 12.1 Å². The maximum Gasteiger partial charge on any atom is 0.410 e. The highest BCUT2D eigenvalue weighted by Crippen LogP contribution is 2.26. The fraction of sp³-hybridized carbons (Fsp3) is 0.500. The molecule has 2 heterocycles. The minimum absolute atomic E-state index is 0.253. The van der Waals surface area contributed by atoms with Gasteiger partial charge in [0.1, 0.15) is 5.60 Å². The average molecular weight is 452 g/mol. The second-order valence-corrected chi connectivity index (χ2v) is 10.1. The van der Waals surface area contributed by atoms with Crippen molar-refractivity contribution in [1.29, 1.82) is 0 Å². The zero-order valence-corrected chi connectivity index (χ0v) is 21.2. The second kappa shape index (κ2) is 9.91. The lowest BCUT2D eigenvalue weighted by Crippen LogP contribution is -2.38. The van der Waals surface area contributed by atoms with Gasteiger partial charge >= 0.3 is 6.09 Å². The van der Waals surface area contributed by atoms with Crippen LogP contribution in [0.4, 0.5) is 4.79 Å². The Kier molecular flexibility index (Phi) is 7.42. The van der Waals surface area contributed by atoms with Crippen LogP contribution in [0.3, 0.4) is 0 Å². The van der Waals surface area contributed by atoms with Crippen LogP contribution in [0.1, 0.15) is 51.8 Å². The van der Waals surface area contributed by atoms with Gasteiger partial charge in [0.25, 0.3) is 0 Å². The Morgan fingerprint density at radius 2 is 1.88 bits per heavy atom. The molecule has 1 amide bonds. The maximum absolute atomic E-state index is 12.2. The summed E-state index contributed by atoms with van der Waals surface area (Å²) in [6.45, 7) is 14.1. The number of fused-ring (bicyclic) bond motifs is 1. The number of carbonyl (C=O) groups excluding carboxylic acids is 1. The van der Waals surface area contributed by atoms with E-state index in [9.17, 15) is 4.79 Å². The zero-order chi connectivity index (χ0) is 24.3. The van der Waals surface area contributed by atoms with Crippen LogP contribution in [0.15, 0.2) is 36.5 Å². The molecule has 178 valence electrons. The van der Waals surface area contributed by atoms with Crippen molar-refractivity contribution in [3.05, 3.63) is 47.7 Å². The number of aryl methyl sites for hydroxylation is 1. The number of hydrogen-bond acceptors (Lipinski definition) is 5. The maximum atomic E-state index is 12.2. The Hall–Kier alpha value is -2.93. The molecular weight excluding hydrogens is 414 g/mol. The highest BCUT2D eigenvalue weighted by molar-refractivity contribution is 5.82. The van der Waals surface area contributed by atoms with Crippen molar-refractivity contribution >= 4 is 17.1 Å². The Bertz CT molecular complexity index is 1110. The molecule has 0 unspecified atom stereocenters. The molecule has 0 atom stereocenters. The molecule has 0 N–H and O–H groups in total. The number of rotatable bonds is 7. The van der Waals surface area contributed by atoms with Gasteiger partial charge in [-0.3, -0.25) is 0 Å². The monoisotopic (exact) mass is 451 g/mol. The first-order chi connectivity index (χ1) is 15.4. The Balaban J connectivity index is 1.70. The van der Waals surface area contributed by atoms with E-state index in [0.717, 1.165) is 35.4 Å². The molecule has 33 heavy (non-hydrogen) atoms. The zero-order valence-electron chi connectivity index (χ0n) is 21.2. The molecule has 7 heteroatoms. The number of amides is 1. The van der Waals surface area contributed by atoms with Crippen LogP contribution in [0.5, 0.6) is 0 Å². The Morgan fingerprint density at radius 1 is 1.15 bits per heavy atom. The van der Waals surface area contributed by atoms with E-state index in [1.807, 2.05) is 31.6 Å². The molecule has 0 spiro atoms. The fourth-order valence-electron chi connectivity index (χ4n) is 3.67. The van der Waals surface area contributed by atoms with Crippen molar-refractivity contribution in [1.82, 2.24) is 24.6 Å². The molecular formula is C26H37N5O2.